The van der Waals surface area contributed by atoms with Crippen molar-refractivity contribution in [2.45, 2.75) is 6.04 Å². The van der Waals surface area contributed by atoms with E-state index in [4.69, 9.17) is 26.5 Å². The zero-order chi connectivity index (χ0) is 12.4. The number of ether oxygens (including phenoxy) is 1. The molecule has 1 aromatic carbocycles. The second kappa shape index (κ2) is 5.12. The predicted octanol–water partition coefficient (Wildman–Crippen LogP) is 3.75. The van der Waals surface area contributed by atoms with Crippen molar-refractivity contribution in [1.29, 1.82) is 0 Å². The Kier molecular flexibility index (Phi) is 3.76. The molecule has 1 aromatic heterocycles. The van der Waals surface area contributed by atoms with Crippen LogP contribution in [0.1, 0.15) is 17.2 Å². The highest BCUT2D eigenvalue weighted by Gasteiger charge is 2.15. The van der Waals surface area contributed by atoms with E-state index in [1.54, 1.807) is 25.5 Å². The quantitative estimate of drug-likeness (QED) is 0.938. The minimum Gasteiger partial charge on any atom is -0.495 e. The lowest BCUT2D eigenvalue weighted by Crippen LogP contribution is -2.11. The molecule has 1 heterocycles. The molecule has 0 aliphatic carbocycles. The van der Waals surface area contributed by atoms with Gasteiger partial charge in [-0.2, -0.15) is 0 Å². The third-order valence-electron chi connectivity index (χ3n) is 2.52. The van der Waals surface area contributed by atoms with Crippen LogP contribution in [0, 0.1) is 0 Å². The molecule has 2 rings (SSSR count). The summed E-state index contributed by atoms with van der Waals surface area (Å²) in [7, 11) is 1.58. The Hall–Kier alpha value is -0.970. The monoisotopic (exact) mass is 315 g/mol. The summed E-state index contributed by atoms with van der Waals surface area (Å²) in [6, 6.07) is 7.02. The molecule has 2 N–H and O–H groups in total. The molecule has 0 radical (unpaired) electrons. The molecule has 0 aliphatic rings. The van der Waals surface area contributed by atoms with Gasteiger partial charge in [-0.3, -0.25) is 0 Å². The van der Waals surface area contributed by atoms with Gasteiger partial charge in [0.15, 0.2) is 4.67 Å². The highest BCUT2D eigenvalue weighted by Crippen LogP contribution is 2.32. The number of furan rings is 1. The third kappa shape index (κ3) is 2.49. The van der Waals surface area contributed by atoms with Crippen molar-refractivity contribution in [2.24, 2.45) is 5.73 Å². The minimum atomic E-state index is -0.286. The van der Waals surface area contributed by atoms with Crippen molar-refractivity contribution in [3.63, 3.8) is 0 Å². The predicted molar refractivity (Wildman–Crippen MR) is 70.4 cm³/mol. The average molecular weight is 317 g/mol. The lowest BCUT2D eigenvalue weighted by Gasteiger charge is -2.12. The Morgan fingerprint density at radius 2 is 2.18 bits per heavy atom. The van der Waals surface area contributed by atoms with E-state index in [0.717, 1.165) is 11.1 Å². The number of hydrogen-bond acceptors (Lipinski definition) is 3. The van der Waals surface area contributed by atoms with Crippen LogP contribution in [0.2, 0.25) is 5.02 Å². The first-order valence-electron chi connectivity index (χ1n) is 4.95. The van der Waals surface area contributed by atoms with Crippen LogP contribution >= 0.6 is 27.5 Å². The van der Waals surface area contributed by atoms with Crippen LogP contribution in [0.15, 0.2) is 39.6 Å². The summed E-state index contributed by atoms with van der Waals surface area (Å²) in [6.07, 6.45) is 1.59. The molecular weight excluding hydrogens is 305 g/mol. The smallest absolute Gasteiger partial charge is 0.174 e. The van der Waals surface area contributed by atoms with Gasteiger partial charge < -0.3 is 14.9 Å². The summed E-state index contributed by atoms with van der Waals surface area (Å²) in [5.41, 5.74) is 7.91. The van der Waals surface area contributed by atoms with Crippen LogP contribution < -0.4 is 10.5 Å². The normalized spacial score (nSPS) is 12.5. The molecule has 0 amide bonds. The van der Waals surface area contributed by atoms with E-state index >= 15 is 0 Å². The number of halogens is 2. The van der Waals surface area contributed by atoms with Gasteiger partial charge in [0.1, 0.15) is 5.75 Å². The fourth-order valence-corrected chi connectivity index (χ4v) is 2.34. The standard InChI is InChI=1S/C12H11BrClNO2/c1-16-10-3-2-7(6-9(10)14)11(15)8-4-5-17-12(8)13/h2-6,11H,15H2,1H3. The molecule has 2 aromatic rings. The lowest BCUT2D eigenvalue weighted by molar-refractivity contribution is 0.415. The lowest BCUT2D eigenvalue weighted by atomic mass is 10.0. The number of hydrogen-bond donors (Lipinski definition) is 1. The first kappa shape index (κ1) is 12.5. The van der Waals surface area contributed by atoms with E-state index < -0.39 is 0 Å². The van der Waals surface area contributed by atoms with Gasteiger partial charge in [-0.25, -0.2) is 0 Å². The Labute approximate surface area is 113 Å². The second-order valence-electron chi connectivity index (χ2n) is 3.52. The minimum absolute atomic E-state index is 0.286. The molecule has 3 nitrogen and oxygen atoms in total. The van der Waals surface area contributed by atoms with Gasteiger partial charge in [-0.15, -0.1) is 0 Å². The van der Waals surface area contributed by atoms with Crippen LogP contribution in [0.4, 0.5) is 0 Å². The van der Waals surface area contributed by atoms with Gasteiger partial charge in [0.25, 0.3) is 0 Å². The van der Waals surface area contributed by atoms with Crippen LogP contribution in [0.25, 0.3) is 0 Å². The summed E-state index contributed by atoms with van der Waals surface area (Å²) in [4.78, 5) is 0. The van der Waals surface area contributed by atoms with Crippen molar-refractivity contribution in [2.75, 3.05) is 7.11 Å². The van der Waals surface area contributed by atoms with E-state index in [-0.39, 0.29) is 6.04 Å². The van der Waals surface area contributed by atoms with E-state index in [1.165, 1.54) is 0 Å². The van der Waals surface area contributed by atoms with E-state index in [2.05, 4.69) is 15.9 Å². The van der Waals surface area contributed by atoms with Crippen molar-refractivity contribution in [3.05, 3.63) is 51.3 Å². The van der Waals surface area contributed by atoms with Crippen molar-refractivity contribution in [3.8, 4) is 5.75 Å². The summed E-state index contributed by atoms with van der Waals surface area (Å²) in [6.45, 7) is 0. The number of benzene rings is 1. The maximum atomic E-state index is 6.13. The first-order chi connectivity index (χ1) is 8.13. The van der Waals surface area contributed by atoms with Crippen molar-refractivity contribution >= 4 is 27.5 Å². The van der Waals surface area contributed by atoms with E-state index in [1.807, 2.05) is 12.1 Å². The van der Waals surface area contributed by atoms with Crippen LogP contribution in [0.5, 0.6) is 5.75 Å². The van der Waals surface area contributed by atoms with E-state index in [0.29, 0.717) is 15.4 Å². The highest BCUT2D eigenvalue weighted by molar-refractivity contribution is 9.10. The van der Waals surface area contributed by atoms with Gasteiger partial charge in [-0.05, 0) is 39.7 Å². The third-order valence-corrected chi connectivity index (χ3v) is 3.46. The van der Waals surface area contributed by atoms with Crippen LogP contribution in [-0.2, 0) is 0 Å². The molecule has 90 valence electrons. The van der Waals surface area contributed by atoms with Crippen molar-refractivity contribution in [1.82, 2.24) is 0 Å². The first-order valence-corrected chi connectivity index (χ1v) is 6.12. The van der Waals surface area contributed by atoms with Gasteiger partial charge in [0.2, 0.25) is 0 Å². The van der Waals surface area contributed by atoms with Gasteiger partial charge in [-0.1, -0.05) is 17.7 Å². The number of rotatable bonds is 3. The van der Waals surface area contributed by atoms with Crippen molar-refractivity contribution < 1.29 is 9.15 Å². The number of methoxy groups -OCH3 is 1. The molecular formula is C12H11BrClNO2. The second-order valence-corrected chi connectivity index (χ2v) is 4.65. The number of nitrogens with two attached hydrogens (primary N) is 1. The fraction of sp³-hybridized carbons (Fsp3) is 0.167. The summed E-state index contributed by atoms with van der Waals surface area (Å²) in [5, 5.41) is 0.542. The maximum absolute atomic E-state index is 6.13. The Morgan fingerprint density at radius 3 is 2.71 bits per heavy atom. The van der Waals surface area contributed by atoms with Crippen LogP contribution in [-0.4, -0.2) is 7.11 Å². The van der Waals surface area contributed by atoms with E-state index in [9.17, 15) is 0 Å². The molecule has 5 heteroatoms. The molecule has 0 saturated carbocycles. The molecule has 0 bridgehead atoms. The molecule has 0 saturated heterocycles. The molecule has 0 spiro atoms. The highest BCUT2D eigenvalue weighted by atomic mass is 79.9. The molecule has 1 atom stereocenters. The largest absolute Gasteiger partial charge is 0.495 e. The van der Waals surface area contributed by atoms with Gasteiger partial charge in [0.05, 0.1) is 24.4 Å². The summed E-state index contributed by atoms with van der Waals surface area (Å²) in [5.74, 6) is 0.633. The Bertz CT molecular complexity index is 527. The molecule has 1 unspecified atom stereocenters. The van der Waals surface area contributed by atoms with Gasteiger partial charge in [0, 0.05) is 5.56 Å². The Balaban J connectivity index is 2.35. The molecule has 17 heavy (non-hydrogen) atoms. The van der Waals surface area contributed by atoms with Gasteiger partial charge >= 0.3 is 0 Å². The zero-order valence-corrected chi connectivity index (χ0v) is 11.5. The fourth-order valence-electron chi connectivity index (χ4n) is 1.58. The van der Waals surface area contributed by atoms with Crippen LogP contribution in [0.3, 0.4) is 0 Å². The molecule has 0 aliphatic heterocycles. The zero-order valence-electron chi connectivity index (χ0n) is 9.11. The summed E-state index contributed by atoms with van der Waals surface area (Å²) < 4.78 is 10.9. The Morgan fingerprint density at radius 1 is 1.41 bits per heavy atom. The average Bonchev–Trinajstić information content (AvgIpc) is 2.74. The molecule has 0 fully saturated rings. The SMILES string of the molecule is COc1ccc(C(N)c2ccoc2Br)cc1Cl. The maximum Gasteiger partial charge on any atom is 0.174 e. The topological polar surface area (TPSA) is 48.4 Å². The summed E-state index contributed by atoms with van der Waals surface area (Å²) >= 11 is 9.37.